The van der Waals surface area contributed by atoms with Gasteiger partial charge in [-0.3, -0.25) is 14.7 Å². The topological polar surface area (TPSA) is 45.7 Å². The number of carbonyl (C=O) groups is 1. The molecule has 5 nitrogen and oxygen atoms in total. The predicted molar refractivity (Wildman–Crippen MR) is 73.7 cm³/mol. The van der Waals surface area contributed by atoms with Crippen LogP contribution in [0.1, 0.15) is 16.8 Å². The zero-order chi connectivity index (χ0) is 13.8. The van der Waals surface area contributed by atoms with Crippen LogP contribution in [-0.2, 0) is 0 Å². The first kappa shape index (κ1) is 14.0. The molecule has 1 aromatic rings. The monoisotopic (exact) mass is 263 g/mol. The Morgan fingerprint density at radius 2 is 2.16 bits per heavy atom. The Kier molecular flexibility index (Phi) is 4.50. The number of aromatic nitrogens is 1. The lowest BCUT2D eigenvalue weighted by Crippen LogP contribution is -2.43. The number of carbonyl (C=O) groups excluding carboxylic acids is 1. The van der Waals surface area contributed by atoms with Crippen molar-refractivity contribution in [1.29, 1.82) is 0 Å². The van der Waals surface area contributed by atoms with E-state index in [0.29, 0.717) is 11.3 Å². The van der Waals surface area contributed by atoms with Gasteiger partial charge in [0, 0.05) is 18.3 Å². The van der Waals surface area contributed by atoms with Crippen molar-refractivity contribution in [1.82, 2.24) is 14.8 Å². The van der Waals surface area contributed by atoms with Gasteiger partial charge in [0.15, 0.2) is 5.78 Å². The third-order valence-electron chi connectivity index (χ3n) is 3.60. The molecule has 19 heavy (non-hydrogen) atoms. The van der Waals surface area contributed by atoms with Crippen LogP contribution in [0.2, 0.25) is 0 Å². The molecule has 0 radical (unpaired) electrons. The number of hydrogen-bond donors (Lipinski definition) is 0. The Morgan fingerprint density at radius 1 is 1.37 bits per heavy atom. The van der Waals surface area contributed by atoms with Crippen LogP contribution in [0.15, 0.2) is 18.5 Å². The van der Waals surface area contributed by atoms with Gasteiger partial charge in [-0.15, -0.1) is 0 Å². The lowest BCUT2D eigenvalue weighted by molar-refractivity contribution is 0.0838. The SMILES string of the molecule is COc1cncc(C(=O)C2CN(C)CCCN2C)c1. The highest BCUT2D eigenvalue weighted by molar-refractivity contribution is 6.00. The van der Waals surface area contributed by atoms with E-state index in [0.717, 1.165) is 26.1 Å². The molecule has 1 atom stereocenters. The fraction of sp³-hybridized carbons (Fsp3) is 0.571. The smallest absolute Gasteiger partial charge is 0.182 e. The summed E-state index contributed by atoms with van der Waals surface area (Å²) in [6.07, 6.45) is 4.32. The van der Waals surface area contributed by atoms with Gasteiger partial charge in [0.2, 0.25) is 0 Å². The van der Waals surface area contributed by atoms with E-state index in [9.17, 15) is 4.79 Å². The molecule has 1 aliphatic rings. The normalized spacial score (nSPS) is 21.9. The standard InChI is InChI=1S/C14H21N3O2/c1-16-5-4-6-17(2)13(10-16)14(18)11-7-12(19-3)9-15-8-11/h7-9,13H,4-6,10H2,1-3H3. The van der Waals surface area contributed by atoms with Crippen LogP contribution in [0.25, 0.3) is 0 Å². The summed E-state index contributed by atoms with van der Waals surface area (Å²) in [5, 5.41) is 0. The minimum atomic E-state index is -0.110. The predicted octanol–water partition coefficient (Wildman–Crippen LogP) is 0.909. The Morgan fingerprint density at radius 3 is 2.89 bits per heavy atom. The van der Waals surface area contributed by atoms with E-state index in [1.165, 1.54) is 0 Å². The molecule has 104 valence electrons. The van der Waals surface area contributed by atoms with Gasteiger partial charge in [-0.25, -0.2) is 0 Å². The molecule has 2 rings (SSSR count). The van der Waals surface area contributed by atoms with Crippen molar-refractivity contribution in [2.24, 2.45) is 0 Å². The molecule has 1 unspecified atom stereocenters. The molecule has 1 aliphatic heterocycles. The third-order valence-corrected chi connectivity index (χ3v) is 3.60. The van der Waals surface area contributed by atoms with Crippen molar-refractivity contribution in [2.75, 3.05) is 40.8 Å². The maximum atomic E-state index is 12.6. The molecule has 1 aromatic heterocycles. The van der Waals surface area contributed by atoms with E-state index in [1.54, 1.807) is 25.6 Å². The van der Waals surface area contributed by atoms with Gasteiger partial charge in [0.05, 0.1) is 19.3 Å². The molecule has 1 fully saturated rings. The van der Waals surface area contributed by atoms with Crippen LogP contribution >= 0.6 is 0 Å². The van der Waals surface area contributed by atoms with Gasteiger partial charge in [0.25, 0.3) is 0 Å². The molecule has 0 bridgehead atoms. The summed E-state index contributed by atoms with van der Waals surface area (Å²) in [4.78, 5) is 21.0. The number of likely N-dealkylation sites (N-methyl/N-ethyl adjacent to an activating group) is 2. The molecule has 0 amide bonds. The second kappa shape index (κ2) is 6.12. The van der Waals surface area contributed by atoms with Crippen molar-refractivity contribution in [3.63, 3.8) is 0 Å². The Balaban J connectivity index is 2.20. The van der Waals surface area contributed by atoms with E-state index >= 15 is 0 Å². The Bertz CT molecular complexity index is 450. The van der Waals surface area contributed by atoms with Gasteiger partial charge >= 0.3 is 0 Å². The van der Waals surface area contributed by atoms with Crippen LogP contribution in [-0.4, -0.2) is 67.4 Å². The van der Waals surface area contributed by atoms with Crippen molar-refractivity contribution < 1.29 is 9.53 Å². The quantitative estimate of drug-likeness (QED) is 0.759. The highest BCUT2D eigenvalue weighted by Crippen LogP contribution is 2.16. The summed E-state index contributed by atoms with van der Waals surface area (Å²) in [5.41, 5.74) is 0.617. The van der Waals surface area contributed by atoms with Crippen molar-refractivity contribution >= 4 is 5.78 Å². The van der Waals surface area contributed by atoms with Gasteiger partial charge in [0.1, 0.15) is 5.75 Å². The van der Waals surface area contributed by atoms with Crippen molar-refractivity contribution in [3.05, 3.63) is 24.0 Å². The lowest BCUT2D eigenvalue weighted by Gasteiger charge is -2.26. The van der Waals surface area contributed by atoms with E-state index in [-0.39, 0.29) is 11.8 Å². The molecule has 0 aromatic carbocycles. The molecule has 0 spiro atoms. The number of nitrogens with zero attached hydrogens (tertiary/aromatic N) is 3. The molecule has 1 saturated heterocycles. The molecule has 0 saturated carbocycles. The summed E-state index contributed by atoms with van der Waals surface area (Å²) >= 11 is 0. The fourth-order valence-electron chi connectivity index (χ4n) is 2.41. The number of rotatable bonds is 3. The molecular weight excluding hydrogens is 242 g/mol. The first-order chi connectivity index (χ1) is 9.11. The zero-order valence-electron chi connectivity index (χ0n) is 11.8. The van der Waals surface area contributed by atoms with Gasteiger partial charge in [-0.2, -0.15) is 0 Å². The molecule has 0 aliphatic carbocycles. The van der Waals surface area contributed by atoms with Crippen LogP contribution in [0.3, 0.4) is 0 Å². The van der Waals surface area contributed by atoms with Gasteiger partial charge in [-0.1, -0.05) is 0 Å². The molecular formula is C14H21N3O2. The minimum Gasteiger partial charge on any atom is -0.495 e. The van der Waals surface area contributed by atoms with Crippen molar-refractivity contribution in [2.45, 2.75) is 12.5 Å². The van der Waals surface area contributed by atoms with Crippen LogP contribution in [0.5, 0.6) is 5.75 Å². The van der Waals surface area contributed by atoms with Gasteiger partial charge < -0.3 is 9.64 Å². The van der Waals surface area contributed by atoms with Crippen molar-refractivity contribution in [3.8, 4) is 5.75 Å². The highest BCUT2D eigenvalue weighted by Gasteiger charge is 2.28. The van der Waals surface area contributed by atoms with E-state index in [2.05, 4.69) is 21.8 Å². The first-order valence-electron chi connectivity index (χ1n) is 6.54. The molecule has 5 heteroatoms. The van der Waals surface area contributed by atoms with E-state index in [1.807, 2.05) is 7.05 Å². The van der Waals surface area contributed by atoms with E-state index < -0.39 is 0 Å². The third kappa shape index (κ3) is 3.30. The largest absolute Gasteiger partial charge is 0.495 e. The van der Waals surface area contributed by atoms with Gasteiger partial charge in [-0.05, 0) is 39.7 Å². The fourth-order valence-corrected chi connectivity index (χ4v) is 2.41. The van der Waals surface area contributed by atoms with E-state index in [4.69, 9.17) is 4.74 Å². The number of hydrogen-bond acceptors (Lipinski definition) is 5. The second-order valence-electron chi connectivity index (χ2n) is 5.09. The van der Waals surface area contributed by atoms with Crippen LogP contribution in [0, 0.1) is 0 Å². The lowest BCUT2D eigenvalue weighted by atomic mass is 10.0. The molecule has 2 heterocycles. The number of Topliss-reactive ketones (excluding diaryl/α,β-unsaturated/α-hetero) is 1. The Hall–Kier alpha value is -1.46. The average molecular weight is 263 g/mol. The molecule has 0 N–H and O–H groups in total. The number of ether oxygens (including phenoxy) is 1. The second-order valence-corrected chi connectivity index (χ2v) is 5.09. The summed E-state index contributed by atoms with van der Waals surface area (Å²) in [5.74, 6) is 0.734. The van der Waals surface area contributed by atoms with Crippen LogP contribution < -0.4 is 4.74 Å². The summed E-state index contributed by atoms with van der Waals surface area (Å²) < 4.78 is 5.13. The summed E-state index contributed by atoms with van der Waals surface area (Å²) in [6.45, 7) is 2.73. The maximum Gasteiger partial charge on any atom is 0.182 e. The summed E-state index contributed by atoms with van der Waals surface area (Å²) in [7, 11) is 5.65. The highest BCUT2D eigenvalue weighted by atomic mass is 16.5. The minimum absolute atomic E-state index is 0.110. The number of methoxy groups -OCH3 is 1. The first-order valence-corrected chi connectivity index (χ1v) is 6.54. The zero-order valence-corrected chi connectivity index (χ0v) is 11.8. The maximum absolute atomic E-state index is 12.6. The summed E-state index contributed by atoms with van der Waals surface area (Å²) in [6, 6.07) is 1.65. The average Bonchev–Trinajstić information content (AvgIpc) is 2.59. The number of ketones is 1. The Labute approximate surface area is 114 Å². The number of pyridine rings is 1. The van der Waals surface area contributed by atoms with Crippen LogP contribution in [0.4, 0.5) is 0 Å².